The zero-order chi connectivity index (χ0) is 13.0. The Morgan fingerprint density at radius 2 is 1.76 bits per heavy atom. The molecule has 1 N–H and O–H groups in total. The first-order valence-corrected chi connectivity index (χ1v) is 5.46. The molecule has 0 radical (unpaired) electrons. The van der Waals surface area contributed by atoms with Gasteiger partial charge in [0.1, 0.15) is 5.69 Å². The topological polar surface area (TPSA) is 59.3 Å². The molecule has 90 valence electrons. The molecule has 0 saturated heterocycles. The van der Waals surface area contributed by atoms with E-state index in [-0.39, 0.29) is 11.6 Å². The maximum atomic E-state index is 11.3. The fraction of sp³-hybridized carbons (Fsp3) is 0.231. The fourth-order valence-electron chi connectivity index (χ4n) is 1.65. The predicted molar refractivity (Wildman–Crippen MR) is 66.5 cm³/mol. The van der Waals surface area contributed by atoms with Crippen LogP contribution in [0.25, 0.3) is 10.9 Å². The second-order valence-electron chi connectivity index (χ2n) is 3.25. The summed E-state index contributed by atoms with van der Waals surface area (Å²) in [5.41, 5.74) is 0.631. The Balaban J connectivity index is 0.000000686. The largest absolute Gasteiger partial charge is 0.477 e. The summed E-state index contributed by atoms with van der Waals surface area (Å²) in [4.78, 5) is 22.3. The molecule has 0 bridgehead atoms. The number of hydrogen-bond acceptors (Lipinski definition) is 2. The molecule has 1 aromatic heterocycles. The molecular weight excluding hydrogens is 218 g/mol. The van der Waals surface area contributed by atoms with Crippen LogP contribution in [0.15, 0.2) is 30.3 Å². The van der Waals surface area contributed by atoms with E-state index in [0.29, 0.717) is 5.52 Å². The number of rotatable bonds is 1. The van der Waals surface area contributed by atoms with Gasteiger partial charge in [-0.05, 0) is 12.1 Å². The van der Waals surface area contributed by atoms with Crippen molar-refractivity contribution in [3.8, 4) is 0 Å². The number of carboxylic acids is 1. The Morgan fingerprint density at radius 3 is 2.29 bits per heavy atom. The predicted octanol–water partition coefficient (Wildman–Crippen LogP) is 3.03. The minimum Gasteiger partial charge on any atom is -0.477 e. The third-order valence-corrected chi connectivity index (χ3v) is 2.24. The summed E-state index contributed by atoms with van der Waals surface area (Å²) in [5.74, 6) is -1.39. The molecule has 0 aliphatic heterocycles. The molecule has 4 heteroatoms. The molecule has 0 amide bonds. The van der Waals surface area contributed by atoms with Gasteiger partial charge in [0.2, 0.25) is 5.91 Å². The van der Waals surface area contributed by atoms with Gasteiger partial charge in [0.25, 0.3) is 0 Å². The van der Waals surface area contributed by atoms with E-state index in [1.807, 2.05) is 13.8 Å². The van der Waals surface area contributed by atoms with Crippen molar-refractivity contribution in [1.29, 1.82) is 0 Å². The number of para-hydroxylation sites is 1. The van der Waals surface area contributed by atoms with Gasteiger partial charge in [-0.2, -0.15) is 0 Å². The normalized spacial score (nSPS) is 9.59. The number of aromatic carboxylic acids is 1. The van der Waals surface area contributed by atoms with Crippen molar-refractivity contribution in [3.05, 3.63) is 36.0 Å². The molecule has 1 aromatic carbocycles. The van der Waals surface area contributed by atoms with Gasteiger partial charge in [-0.25, -0.2) is 4.79 Å². The van der Waals surface area contributed by atoms with Crippen molar-refractivity contribution in [3.63, 3.8) is 0 Å². The molecule has 0 unspecified atom stereocenters. The molecule has 2 aromatic rings. The summed E-state index contributed by atoms with van der Waals surface area (Å²) in [6, 6.07) is 8.58. The van der Waals surface area contributed by atoms with E-state index in [1.165, 1.54) is 17.6 Å². The molecule has 4 nitrogen and oxygen atoms in total. The van der Waals surface area contributed by atoms with Gasteiger partial charge < -0.3 is 5.11 Å². The third kappa shape index (κ3) is 2.36. The molecule has 2 rings (SSSR count). The number of carboxylic acid groups (broad SMARTS) is 1. The van der Waals surface area contributed by atoms with Gasteiger partial charge in [-0.15, -0.1) is 0 Å². The highest BCUT2D eigenvalue weighted by Crippen LogP contribution is 2.19. The Bertz CT molecular complexity index is 555. The van der Waals surface area contributed by atoms with Gasteiger partial charge in [0, 0.05) is 12.3 Å². The Kier molecular flexibility index (Phi) is 4.04. The minimum absolute atomic E-state index is 0.00343. The lowest BCUT2D eigenvalue weighted by Gasteiger charge is -2.01. The quantitative estimate of drug-likeness (QED) is 0.823. The lowest BCUT2D eigenvalue weighted by molar-refractivity contribution is 0.0676. The van der Waals surface area contributed by atoms with E-state index in [0.717, 1.165) is 5.39 Å². The second kappa shape index (κ2) is 5.30. The van der Waals surface area contributed by atoms with E-state index in [9.17, 15) is 9.59 Å². The molecule has 0 spiro atoms. The molecule has 1 heterocycles. The Morgan fingerprint density at radius 1 is 1.18 bits per heavy atom. The molecule has 0 aliphatic rings. The van der Waals surface area contributed by atoms with Crippen LogP contribution in [0.1, 0.15) is 36.1 Å². The Hall–Kier alpha value is -2.10. The monoisotopic (exact) mass is 233 g/mol. The average Bonchev–Trinajstić information content (AvgIpc) is 2.71. The van der Waals surface area contributed by atoms with E-state index >= 15 is 0 Å². The first-order valence-electron chi connectivity index (χ1n) is 5.46. The van der Waals surface area contributed by atoms with Crippen molar-refractivity contribution in [2.75, 3.05) is 0 Å². The summed E-state index contributed by atoms with van der Waals surface area (Å²) < 4.78 is 1.21. The summed E-state index contributed by atoms with van der Waals surface area (Å²) >= 11 is 0. The number of carbonyl (C=O) groups excluding carboxylic acids is 1. The molecule has 0 saturated carbocycles. The number of benzene rings is 1. The smallest absolute Gasteiger partial charge is 0.352 e. The highest BCUT2D eigenvalue weighted by Gasteiger charge is 2.16. The van der Waals surface area contributed by atoms with E-state index in [2.05, 4.69) is 0 Å². The van der Waals surface area contributed by atoms with Crippen LogP contribution in [0.2, 0.25) is 0 Å². The standard InChI is InChI=1S/C11H9NO3.C2H6/c1-7(13)12-9-5-3-2-4-8(9)6-10(12)11(14)15;1-2/h2-6H,1H3,(H,14,15);1-2H3. The third-order valence-electron chi connectivity index (χ3n) is 2.24. The summed E-state index contributed by atoms with van der Waals surface area (Å²) in [6.07, 6.45) is 0. The van der Waals surface area contributed by atoms with Gasteiger partial charge in [-0.3, -0.25) is 9.36 Å². The Labute approximate surface area is 99.5 Å². The zero-order valence-electron chi connectivity index (χ0n) is 10.1. The highest BCUT2D eigenvalue weighted by atomic mass is 16.4. The van der Waals surface area contributed by atoms with Crippen molar-refractivity contribution in [2.24, 2.45) is 0 Å². The maximum absolute atomic E-state index is 11.3. The van der Waals surface area contributed by atoms with E-state index in [4.69, 9.17) is 5.11 Å². The number of aromatic nitrogens is 1. The second-order valence-corrected chi connectivity index (χ2v) is 3.25. The van der Waals surface area contributed by atoms with Crippen LogP contribution in [-0.2, 0) is 0 Å². The van der Waals surface area contributed by atoms with Crippen molar-refractivity contribution < 1.29 is 14.7 Å². The summed E-state index contributed by atoms with van der Waals surface area (Å²) in [7, 11) is 0. The van der Waals surface area contributed by atoms with Crippen LogP contribution >= 0.6 is 0 Å². The summed E-state index contributed by atoms with van der Waals surface area (Å²) in [5, 5.41) is 9.70. The van der Waals surface area contributed by atoms with Crippen LogP contribution in [0, 0.1) is 0 Å². The lowest BCUT2D eigenvalue weighted by Crippen LogP contribution is -2.13. The lowest BCUT2D eigenvalue weighted by atomic mass is 10.2. The van der Waals surface area contributed by atoms with Gasteiger partial charge in [0.05, 0.1) is 5.52 Å². The minimum atomic E-state index is -1.10. The average molecular weight is 233 g/mol. The van der Waals surface area contributed by atoms with Crippen molar-refractivity contribution in [1.82, 2.24) is 4.57 Å². The highest BCUT2D eigenvalue weighted by molar-refractivity contribution is 6.01. The molecule has 0 fully saturated rings. The van der Waals surface area contributed by atoms with Gasteiger partial charge in [-0.1, -0.05) is 32.0 Å². The van der Waals surface area contributed by atoms with Crippen LogP contribution in [0.5, 0.6) is 0 Å². The van der Waals surface area contributed by atoms with Crippen molar-refractivity contribution >= 4 is 22.8 Å². The number of fused-ring (bicyclic) bond motifs is 1. The first-order chi connectivity index (χ1) is 8.11. The SMILES string of the molecule is CC.CC(=O)n1c(C(=O)O)cc2ccccc21. The van der Waals surface area contributed by atoms with Gasteiger partial charge >= 0.3 is 5.97 Å². The maximum Gasteiger partial charge on any atom is 0.352 e. The van der Waals surface area contributed by atoms with Crippen LogP contribution in [0.3, 0.4) is 0 Å². The van der Waals surface area contributed by atoms with Gasteiger partial charge in [0.15, 0.2) is 0 Å². The molecule has 0 aliphatic carbocycles. The molecule has 0 atom stereocenters. The van der Waals surface area contributed by atoms with Crippen LogP contribution in [-0.4, -0.2) is 21.6 Å². The molecular formula is C13H15NO3. The summed E-state index contributed by atoms with van der Waals surface area (Å²) in [6.45, 7) is 5.35. The van der Waals surface area contributed by atoms with Crippen molar-refractivity contribution in [2.45, 2.75) is 20.8 Å². The molecule has 17 heavy (non-hydrogen) atoms. The fourth-order valence-corrected chi connectivity index (χ4v) is 1.65. The number of carbonyl (C=O) groups is 2. The number of nitrogens with zero attached hydrogens (tertiary/aromatic N) is 1. The van der Waals surface area contributed by atoms with E-state index < -0.39 is 5.97 Å². The van der Waals surface area contributed by atoms with E-state index in [1.54, 1.807) is 24.3 Å². The first kappa shape index (κ1) is 13.0. The zero-order valence-corrected chi connectivity index (χ0v) is 10.1. The van der Waals surface area contributed by atoms with Crippen LogP contribution < -0.4 is 0 Å². The van der Waals surface area contributed by atoms with Crippen LogP contribution in [0.4, 0.5) is 0 Å². The number of hydrogen-bond donors (Lipinski definition) is 1.